The lowest BCUT2D eigenvalue weighted by molar-refractivity contribution is -0.136. The van der Waals surface area contributed by atoms with E-state index in [1.807, 2.05) is 24.3 Å². The summed E-state index contributed by atoms with van der Waals surface area (Å²) >= 11 is 0. The number of piperazine rings is 1. The SMILES string of the molecule is CN1CCN(c2ccc(NC(=O)C3COCC(=O)N3)cc2)CC1. The maximum absolute atomic E-state index is 12.1. The quantitative estimate of drug-likeness (QED) is 0.814. The van der Waals surface area contributed by atoms with Gasteiger partial charge in [-0.25, -0.2) is 0 Å². The Morgan fingerprint density at radius 2 is 1.91 bits per heavy atom. The van der Waals surface area contributed by atoms with Crippen LogP contribution in [0.1, 0.15) is 0 Å². The molecule has 0 radical (unpaired) electrons. The first-order chi connectivity index (χ1) is 11.1. The second-order valence-electron chi connectivity index (χ2n) is 5.96. The van der Waals surface area contributed by atoms with Gasteiger partial charge in [0.05, 0.1) is 6.61 Å². The molecule has 2 heterocycles. The molecule has 1 aromatic rings. The highest BCUT2D eigenvalue weighted by molar-refractivity contribution is 5.98. The molecule has 1 aromatic carbocycles. The minimum atomic E-state index is -0.631. The van der Waals surface area contributed by atoms with Crippen molar-refractivity contribution >= 4 is 23.2 Å². The monoisotopic (exact) mass is 318 g/mol. The van der Waals surface area contributed by atoms with E-state index < -0.39 is 6.04 Å². The Bertz CT molecular complexity index is 567. The third-order valence-electron chi connectivity index (χ3n) is 4.17. The molecule has 1 atom stereocenters. The molecule has 2 N–H and O–H groups in total. The Balaban J connectivity index is 1.57. The van der Waals surface area contributed by atoms with E-state index in [9.17, 15) is 9.59 Å². The van der Waals surface area contributed by atoms with Crippen molar-refractivity contribution in [1.29, 1.82) is 0 Å². The molecule has 0 bridgehead atoms. The van der Waals surface area contributed by atoms with E-state index in [1.165, 1.54) is 0 Å². The number of morpholine rings is 1. The molecule has 7 nitrogen and oxygen atoms in total. The third kappa shape index (κ3) is 4.00. The van der Waals surface area contributed by atoms with Gasteiger partial charge in [0.1, 0.15) is 12.6 Å². The Morgan fingerprint density at radius 3 is 2.57 bits per heavy atom. The number of nitrogens with one attached hydrogen (secondary N) is 2. The molecule has 2 fully saturated rings. The molecule has 0 spiro atoms. The van der Waals surface area contributed by atoms with E-state index in [2.05, 4.69) is 27.5 Å². The van der Waals surface area contributed by atoms with Crippen LogP contribution in [0.25, 0.3) is 0 Å². The van der Waals surface area contributed by atoms with Gasteiger partial charge >= 0.3 is 0 Å². The zero-order valence-corrected chi connectivity index (χ0v) is 13.2. The summed E-state index contributed by atoms with van der Waals surface area (Å²) in [7, 11) is 2.13. The molecule has 2 saturated heterocycles. The summed E-state index contributed by atoms with van der Waals surface area (Å²) in [6.45, 7) is 4.35. The molecule has 7 heteroatoms. The summed E-state index contributed by atoms with van der Waals surface area (Å²) in [5.41, 5.74) is 1.87. The van der Waals surface area contributed by atoms with Crippen molar-refractivity contribution in [3.8, 4) is 0 Å². The van der Waals surface area contributed by atoms with Gasteiger partial charge in [0, 0.05) is 37.6 Å². The summed E-state index contributed by atoms with van der Waals surface area (Å²) in [5, 5.41) is 5.42. The first kappa shape index (κ1) is 15.8. The van der Waals surface area contributed by atoms with Crippen LogP contribution in [-0.2, 0) is 14.3 Å². The molecule has 1 unspecified atom stereocenters. The smallest absolute Gasteiger partial charge is 0.249 e. The van der Waals surface area contributed by atoms with Crippen LogP contribution in [0.15, 0.2) is 24.3 Å². The van der Waals surface area contributed by atoms with Crippen molar-refractivity contribution in [1.82, 2.24) is 10.2 Å². The number of carbonyl (C=O) groups is 2. The predicted octanol–water partition coefficient (Wildman–Crippen LogP) is -0.108. The number of amides is 2. The molecule has 2 aliphatic rings. The highest BCUT2D eigenvalue weighted by atomic mass is 16.5. The molecule has 2 amide bonds. The fraction of sp³-hybridized carbons (Fsp3) is 0.500. The van der Waals surface area contributed by atoms with Gasteiger partial charge in [-0.3, -0.25) is 9.59 Å². The normalized spacial score (nSPS) is 22.6. The largest absolute Gasteiger partial charge is 0.369 e. The molecular formula is C16H22N4O3. The average Bonchev–Trinajstić information content (AvgIpc) is 2.56. The molecule has 0 aliphatic carbocycles. The molecular weight excluding hydrogens is 296 g/mol. The van der Waals surface area contributed by atoms with Crippen molar-refractivity contribution in [2.24, 2.45) is 0 Å². The fourth-order valence-electron chi connectivity index (χ4n) is 2.74. The minimum Gasteiger partial charge on any atom is -0.369 e. The van der Waals surface area contributed by atoms with Crippen molar-refractivity contribution in [3.05, 3.63) is 24.3 Å². The second-order valence-corrected chi connectivity index (χ2v) is 5.96. The zero-order chi connectivity index (χ0) is 16.2. The number of hydrogen-bond acceptors (Lipinski definition) is 5. The van der Waals surface area contributed by atoms with E-state index >= 15 is 0 Å². The van der Waals surface area contributed by atoms with Gasteiger partial charge in [-0.2, -0.15) is 0 Å². The summed E-state index contributed by atoms with van der Waals surface area (Å²) < 4.78 is 5.08. The van der Waals surface area contributed by atoms with E-state index in [-0.39, 0.29) is 25.0 Å². The van der Waals surface area contributed by atoms with Crippen LogP contribution in [0.3, 0.4) is 0 Å². The Labute approximate surface area is 135 Å². The van der Waals surface area contributed by atoms with Gasteiger partial charge in [-0.15, -0.1) is 0 Å². The highest BCUT2D eigenvalue weighted by Crippen LogP contribution is 2.19. The first-order valence-electron chi connectivity index (χ1n) is 7.83. The van der Waals surface area contributed by atoms with Crippen LogP contribution in [0.4, 0.5) is 11.4 Å². The van der Waals surface area contributed by atoms with E-state index in [1.54, 1.807) is 0 Å². The van der Waals surface area contributed by atoms with Gasteiger partial charge in [-0.05, 0) is 31.3 Å². The highest BCUT2D eigenvalue weighted by Gasteiger charge is 2.25. The number of ether oxygens (including phenoxy) is 1. The van der Waals surface area contributed by atoms with Crippen molar-refractivity contribution < 1.29 is 14.3 Å². The summed E-state index contributed by atoms with van der Waals surface area (Å²) in [5.74, 6) is -0.521. The Hall–Kier alpha value is -2.12. The van der Waals surface area contributed by atoms with Crippen LogP contribution < -0.4 is 15.5 Å². The van der Waals surface area contributed by atoms with Gasteiger partial charge < -0.3 is 25.2 Å². The average molecular weight is 318 g/mol. The van der Waals surface area contributed by atoms with Crippen LogP contribution in [0, 0.1) is 0 Å². The zero-order valence-electron chi connectivity index (χ0n) is 13.2. The van der Waals surface area contributed by atoms with E-state index in [0.717, 1.165) is 31.9 Å². The minimum absolute atomic E-state index is 0.0174. The molecule has 3 rings (SSSR count). The van der Waals surface area contributed by atoms with E-state index in [4.69, 9.17) is 4.74 Å². The van der Waals surface area contributed by atoms with Crippen LogP contribution in [0.5, 0.6) is 0 Å². The first-order valence-corrected chi connectivity index (χ1v) is 7.83. The number of benzene rings is 1. The van der Waals surface area contributed by atoms with Gasteiger partial charge in [0.2, 0.25) is 11.8 Å². The summed E-state index contributed by atoms with van der Waals surface area (Å²) in [6, 6.07) is 7.16. The standard InChI is InChI=1S/C16H22N4O3/c1-19-6-8-20(9-7-19)13-4-2-12(3-5-13)17-16(22)14-10-23-11-15(21)18-14/h2-5,14H,6-11H2,1H3,(H,17,22)(H,18,21). The van der Waals surface area contributed by atoms with Gasteiger partial charge in [-0.1, -0.05) is 0 Å². The lowest BCUT2D eigenvalue weighted by atomic mass is 10.2. The molecule has 23 heavy (non-hydrogen) atoms. The number of rotatable bonds is 3. The molecule has 2 aliphatic heterocycles. The predicted molar refractivity (Wildman–Crippen MR) is 87.5 cm³/mol. The Morgan fingerprint density at radius 1 is 1.22 bits per heavy atom. The maximum atomic E-state index is 12.1. The van der Waals surface area contributed by atoms with Crippen molar-refractivity contribution in [3.63, 3.8) is 0 Å². The number of hydrogen-bond donors (Lipinski definition) is 2. The fourth-order valence-corrected chi connectivity index (χ4v) is 2.74. The molecule has 0 aromatic heterocycles. The van der Waals surface area contributed by atoms with Crippen LogP contribution >= 0.6 is 0 Å². The van der Waals surface area contributed by atoms with E-state index in [0.29, 0.717) is 5.69 Å². The lowest BCUT2D eigenvalue weighted by Gasteiger charge is -2.34. The lowest BCUT2D eigenvalue weighted by Crippen LogP contribution is -2.51. The molecule has 124 valence electrons. The van der Waals surface area contributed by atoms with Gasteiger partial charge in [0.15, 0.2) is 0 Å². The Kier molecular flexibility index (Phi) is 4.78. The maximum Gasteiger partial charge on any atom is 0.249 e. The van der Waals surface area contributed by atoms with Crippen LogP contribution in [-0.4, -0.2) is 69.2 Å². The topological polar surface area (TPSA) is 73.9 Å². The third-order valence-corrected chi connectivity index (χ3v) is 4.17. The number of anilines is 2. The number of likely N-dealkylation sites (N-methyl/N-ethyl adjacent to an activating group) is 1. The van der Waals surface area contributed by atoms with Gasteiger partial charge in [0.25, 0.3) is 0 Å². The van der Waals surface area contributed by atoms with Crippen molar-refractivity contribution in [2.45, 2.75) is 6.04 Å². The molecule has 0 saturated carbocycles. The summed E-state index contributed by atoms with van der Waals surface area (Å²) in [4.78, 5) is 28.0. The van der Waals surface area contributed by atoms with Crippen molar-refractivity contribution in [2.75, 3.05) is 56.7 Å². The number of nitrogens with zero attached hydrogens (tertiary/aromatic N) is 2. The second kappa shape index (κ2) is 6.97. The summed E-state index contributed by atoms with van der Waals surface area (Å²) in [6.07, 6.45) is 0. The van der Waals surface area contributed by atoms with Crippen LogP contribution in [0.2, 0.25) is 0 Å². The number of carbonyl (C=O) groups excluding carboxylic acids is 2.